The molecule has 0 aliphatic rings. The molecule has 1 heterocycles. The maximum atomic E-state index is 2.52. The van der Waals surface area contributed by atoms with Crippen LogP contribution in [0.5, 0.6) is 0 Å². The molecule has 10 rings (SSSR count). The number of aryl methyl sites for hydroxylation is 1. The van der Waals surface area contributed by atoms with Crippen LogP contribution in [0, 0.1) is 6.92 Å². The van der Waals surface area contributed by atoms with Crippen LogP contribution >= 0.6 is 0 Å². The fourth-order valence-corrected chi connectivity index (χ4v) is 13.5. The lowest BCUT2D eigenvalue weighted by Crippen LogP contribution is -2.74. The minimum atomic E-state index is -2.77. The number of nitrogens with zero attached hydrogens (tertiary/aromatic N) is 2. The zero-order chi connectivity index (χ0) is 37.5. The molecule has 0 unspecified atom stereocenters. The van der Waals surface area contributed by atoms with E-state index in [2.05, 4.69) is 241 Å². The molecule has 0 N–H and O–H groups in total. The third-order valence-corrected chi connectivity index (χ3v) is 16.1. The maximum Gasteiger partial charge on any atom is 0.179 e. The summed E-state index contributed by atoms with van der Waals surface area (Å²) < 4.78 is 2.43. The number of hydrogen-bond acceptors (Lipinski definition) is 1. The van der Waals surface area contributed by atoms with Gasteiger partial charge in [-0.2, -0.15) is 0 Å². The molecule has 0 bridgehead atoms. The Morgan fingerprint density at radius 3 is 1.43 bits per heavy atom. The molecule has 9 aromatic carbocycles. The zero-order valence-electron chi connectivity index (χ0n) is 31.3. The van der Waals surface area contributed by atoms with Crippen LogP contribution in [0.4, 0.5) is 17.1 Å². The summed E-state index contributed by atoms with van der Waals surface area (Å²) in [4.78, 5) is 2.40. The van der Waals surface area contributed by atoms with Gasteiger partial charge in [-0.3, -0.25) is 0 Å². The molecule has 0 aliphatic heterocycles. The van der Waals surface area contributed by atoms with E-state index in [1.807, 2.05) is 0 Å². The van der Waals surface area contributed by atoms with E-state index in [4.69, 9.17) is 0 Å². The molecule has 0 fully saturated rings. The van der Waals surface area contributed by atoms with Crippen molar-refractivity contribution in [2.24, 2.45) is 0 Å². The molecule has 56 heavy (non-hydrogen) atoms. The van der Waals surface area contributed by atoms with Crippen LogP contribution in [0.3, 0.4) is 0 Å². The summed E-state index contributed by atoms with van der Waals surface area (Å²) in [7, 11) is -2.77. The Bertz CT molecular complexity index is 2860. The van der Waals surface area contributed by atoms with Gasteiger partial charge in [-0.05, 0) is 99.1 Å². The van der Waals surface area contributed by atoms with Gasteiger partial charge >= 0.3 is 0 Å². The van der Waals surface area contributed by atoms with Gasteiger partial charge in [0.2, 0.25) is 0 Å². The molecule has 3 heteroatoms. The van der Waals surface area contributed by atoms with E-state index in [-0.39, 0.29) is 0 Å². The Labute approximate surface area is 329 Å². The summed E-state index contributed by atoms with van der Waals surface area (Å²) in [6.45, 7) is 2.15. The first kappa shape index (κ1) is 33.6. The molecule has 0 radical (unpaired) electrons. The van der Waals surface area contributed by atoms with Gasteiger partial charge in [-0.1, -0.05) is 169 Å². The van der Waals surface area contributed by atoms with Crippen molar-refractivity contribution in [3.05, 3.63) is 230 Å². The van der Waals surface area contributed by atoms with E-state index in [1.54, 1.807) is 0 Å². The van der Waals surface area contributed by atoms with Gasteiger partial charge in [0.25, 0.3) is 0 Å². The second-order valence-corrected chi connectivity index (χ2v) is 18.5. The Balaban J connectivity index is 1.28. The molecule has 0 spiro atoms. The first-order chi connectivity index (χ1) is 27.7. The monoisotopic (exact) mass is 732 g/mol. The van der Waals surface area contributed by atoms with Crippen molar-refractivity contribution in [3.8, 4) is 5.69 Å². The number of aromatic nitrogens is 1. The number of anilines is 3. The molecule has 0 atom stereocenters. The number of benzene rings is 9. The van der Waals surface area contributed by atoms with Crippen LogP contribution in [0.1, 0.15) is 5.56 Å². The number of para-hydroxylation sites is 1. The van der Waals surface area contributed by atoms with Crippen LogP contribution in [0.25, 0.3) is 38.3 Å². The van der Waals surface area contributed by atoms with Crippen LogP contribution in [-0.2, 0) is 0 Å². The van der Waals surface area contributed by atoms with E-state index in [0.717, 1.165) is 22.7 Å². The molecule has 10 aromatic rings. The third-order valence-electron chi connectivity index (χ3n) is 11.4. The average molecular weight is 733 g/mol. The summed E-state index contributed by atoms with van der Waals surface area (Å²) in [5.74, 6) is 0. The third kappa shape index (κ3) is 5.64. The van der Waals surface area contributed by atoms with E-state index >= 15 is 0 Å². The summed E-state index contributed by atoms with van der Waals surface area (Å²) in [6.07, 6.45) is 0. The highest BCUT2D eigenvalue weighted by Gasteiger charge is 2.41. The van der Waals surface area contributed by atoms with Crippen LogP contribution in [-0.4, -0.2) is 12.6 Å². The minimum Gasteiger partial charge on any atom is -0.310 e. The molecule has 1 aromatic heterocycles. The summed E-state index contributed by atoms with van der Waals surface area (Å²) in [5.41, 5.74) is 8.13. The maximum absolute atomic E-state index is 2.77. The number of rotatable bonds is 8. The van der Waals surface area contributed by atoms with Gasteiger partial charge in [0, 0.05) is 33.5 Å². The van der Waals surface area contributed by atoms with E-state index in [9.17, 15) is 0 Å². The fourth-order valence-electron chi connectivity index (χ4n) is 8.76. The van der Waals surface area contributed by atoms with E-state index in [1.165, 1.54) is 58.9 Å². The molecule has 266 valence electrons. The molecule has 0 saturated carbocycles. The Morgan fingerprint density at radius 1 is 0.357 bits per heavy atom. The lowest BCUT2D eigenvalue weighted by atomic mass is 10.1. The standard InChI is InChI=1S/C53H40N2Si/c1-39-26-29-43(30-27-39)54(44-31-28-40-16-14-15-17-41(40)36-44)45-32-34-52-50(37-45)51-38-49(33-35-53(51)55(52)42-18-6-2-7-19-42)56(46-20-8-3-9-21-46,47-22-10-4-11-23-47)48-24-12-5-13-25-48/h2-38H,1H3. The Kier molecular flexibility index (Phi) is 8.43. The average Bonchev–Trinajstić information content (AvgIpc) is 3.59. The van der Waals surface area contributed by atoms with Crippen LogP contribution < -0.4 is 25.6 Å². The lowest BCUT2D eigenvalue weighted by Gasteiger charge is -2.34. The van der Waals surface area contributed by atoms with Gasteiger partial charge in [0.15, 0.2) is 8.07 Å². The van der Waals surface area contributed by atoms with E-state index in [0.29, 0.717) is 0 Å². The van der Waals surface area contributed by atoms with Gasteiger partial charge in [0.05, 0.1) is 11.0 Å². The first-order valence-corrected chi connectivity index (χ1v) is 21.3. The Morgan fingerprint density at radius 2 is 0.821 bits per heavy atom. The highest BCUT2D eigenvalue weighted by atomic mass is 28.3. The molecule has 0 aliphatic carbocycles. The van der Waals surface area contributed by atoms with Crippen molar-refractivity contribution in [2.45, 2.75) is 6.92 Å². The quantitative estimate of drug-likeness (QED) is 0.112. The highest BCUT2D eigenvalue weighted by Crippen LogP contribution is 2.40. The smallest absolute Gasteiger partial charge is 0.179 e. The molecular weight excluding hydrogens is 693 g/mol. The predicted octanol–water partition coefficient (Wildman–Crippen LogP) is 11.1. The molecule has 0 saturated heterocycles. The van der Waals surface area contributed by atoms with Gasteiger partial charge in [0.1, 0.15) is 0 Å². The largest absolute Gasteiger partial charge is 0.310 e. The lowest BCUT2D eigenvalue weighted by molar-refractivity contribution is 1.18. The normalized spacial score (nSPS) is 11.7. The minimum absolute atomic E-state index is 1.12. The van der Waals surface area contributed by atoms with Gasteiger partial charge < -0.3 is 9.47 Å². The second kappa shape index (κ2) is 14.0. The summed E-state index contributed by atoms with van der Waals surface area (Å²) in [5, 5.41) is 10.4. The van der Waals surface area contributed by atoms with Crippen molar-refractivity contribution in [2.75, 3.05) is 4.90 Å². The van der Waals surface area contributed by atoms with Crippen LogP contribution in [0.15, 0.2) is 224 Å². The second-order valence-electron chi connectivity index (χ2n) is 14.7. The van der Waals surface area contributed by atoms with Crippen molar-refractivity contribution in [3.63, 3.8) is 0 Å². The summed E-state index contributed by atoms with van der Waals surface area (Å²) >= 11 is 0. The SMILES string of the molecule is Cc1ccc(N(c2ccc3ccccc3c2)c2ccc3c(c2)c2cc([Si](c4ccccc4)(c4ccccc4)c4ccccc4)ccc2n3-c2ccccc2)cc1. The topological polar surface area (TPSA) is 8.17 Å². The van der Waals surface area contributed by atoms with Crippen molar-refractivity contribution < 1.29 is 0 Å². The van der Waals surface area contributed by atoms with Crippen molar-refractivity contribution in [1.82, 2.24) is 4.57 Å². The van der Waals surface area contributed by atoms with Gasteiger partial charge in [-0.25, -0.2) is 0 Å². The number of fused-ring (bicyclic) bond motifs is 4. The van der Waals surface area contributed by atoms with Gasteiger partial charge in [-0.15, -0.1) is 0 Å². The fraction of sp³-hybridized carbons (Fsp3) is 0.0189. The van der Waals surface area contributed by atoms with Crippen molar-refractivity contribution in [1.29, 1.82) is 0 Å². The zero-order valence-corrected chi connectivity index (χ0v) is 32.3. The van der Waals surface area contributed by atoms with E-state index < -0.39 is 8.07 Å². The van der Waals surface area contributed by atoms with Crippen LogP contribution in [0.2, 0.25) is 0 Å². The summed E-state index contributed by atoms with van der Waals surface area (Å²) in [6, 6.07) is 83.0. The first-order valence-electron chi connectivity index (χ1n) is 19.3. The molecular formula is C53H40N2Si. The predicted molar refractivity (Wildman–Crippen MR) is 241 cm³/mol. The number of hydrogen-bond donors (Lipinski definition) is 0. The van der Waals surface area contributed by atoms with Crippen molar-refractivity contribution >= 4 is 78.5 Å². The Hall–Kier alpha value is -6.94. The molecule has 0 amide bonds. The molecule has 2 nitrogen and oxygen atoms in total. The highest BCUT2D eigenvalue weighted by molar-refractivity contribution is 7.20.